The molecule has 1 saturated heterocycles. The normalized spacial score (nSPS) is 16.6. The number of benzene rings is 1. The van der Waals surface area contributed by atoms with Crippen molar-refractivity contribution >= 4 is 0 Å². The Morgan fingerprint density at radius 1 is 1.13 bits per heavy atom. The molecule has 0 amide bonds. The van der Waals surface area contributed by atoms with Crippen LogP contribution < -0.4 is 5.56 Å². The minimum Gasteiger partial charge on any atom is -0.507 e. The van der Waals surface area contributed by atoms with Crippen LogP contribution in [0.5, 0.6) is 5.75 Å². The van der Waals surface area contributed by atoms with E-state index in [9.17, 15) is 9.90 Å². The highest BCUT2D eigenvalue weighted by Gasteiger charge is 2.31. The van der Waals surface area contributed by atoms with E-state index >= 15 is 0 Å². The largest absolute Gasteiger partial charge is 0.507 e. The summed E-state index contributed by atoms with van der Waals surface area (Å²) in [7, 11) is 0. The van der Waals surface area contributed by atoms with E-state index in [2.05, 4.69) is 43.0 Å². The summed E-state index contributed by atoms with van der Waals surface area (Å²) < 4.78 is 7.17. The third kappa shape index (κ3) is 4.08. The SMILES string of the molecule is Cc1ccc([C@H](c2c(O)cc(C)n(Cc3ccco3)c2=O)N2CCC(C)CC2)cc1. The molecule has 158 valence electrons. The average molecular weight is 407 g/mol. The molecule has 2 aromatic heterocycles. The van der Waals surface area contributed by atoms with E-state index in [-0.39, 0.29) is 17.4 Å². The Morgan fingerprint density at radius 2 is 1.83 bits per heavy atom. The third-order valence-electron chi connectivity index (χ3n) is 6.27. The van der Waals surface area contributed by atoms with Crippen LogP contribution in [0.2, 0.25) is 0 Å². The Kier molecular flexibility index (Phi) is 5.82. The molecule has 1 aliphatic rings. The molecule has 0 spiro atoms. The topological polar surface area (TPSA) is 58.6 Å². The number of nitrogens with zero attached hydrogens (tertiary/aromatic N) is 2. The summed E-state index contributed by atoms with van der Waals surface area (Å²) in [5, 5.41) is 10.9. The van der Waals surface area contributed by atoms with Crippen molar-refractivity contribution in [2.75, 3.05) is 13.1 Å². The van der Waals surface area contributed by atoms with Crippen molar-refractivity contribution in [3.05, 3.63) is 87.2 Å². The first-order chi connectivity index (χ1) is 14.4. The maximum Gasteiger partial charge on any atom is 0.260 e. The van der Waals surface area contributed by atoms with E-state index in [4.69, 9.17) is 4.42 Å². The van der Waals surface area contributed by atoms with Crippen LogP contribution in [0.25, 0.3) is 0 Å². The fourth-order valence-electron chi connectivity index (χ4n) is 4.38. The van der Waals surface area contributed by atoms with Gasteiger partial charge < -0.3 is 14.1 Å². The van der Waals surface area contributed by atoms with Crippen LogP contribution in [-0.2, 0) is 6.54 Å². The van der Waals surface area contributed by atoms with Gasteiger partial charge in [0.25, 0.3) is 5.56 Å². The molecule has 1 aliphatic heterocycles. The Labute approximate surface area is 177 Å². The Bertz CT molecular complexity index is 1040. The lowest BCUT2D eigenvalue weighted by molar-refractivity contribution is 0.154. The van der Waals surface area contributed by atoms with Gasteiger partial charge in [-0.1, -0.05) is 36.8 Å². The van der Waals surface area contributed by atoms with E-state index in [1.807, 2.05) is 19.1 Å². The minimum absolute atomic E-state index is 0.0670. The number of aromatic hydroxyl groups is 1. The zero-order valence-corrected chi connectivity index (χ0v) is 18.0. The van der Waals surface area contributed by atoms with Crippen molar-refractivity contribution in [2.24, 2.45) is 5.92 Å². The number of rotatable bonds is 5. The van der Waals surface area contributed by atoms with Crippen molar-refractivity contribution in [3.63, 3.8) is 0 Å². The van der Waals surface area contributed by atoms with Gasteiger partial charge in [0.1, 0.15) is 11.5 Å². The molecule has 0 bridgehead atoms. The second-order valence-electron chi connectivity index (χ2n) is 8.59. The fraction of sp³-hybridized carbons (Fsp3) is 0.400. The van der Waals surface area contributed by atoms with Crippen molar-refractivity contribution in [3.8, 4) is 5.75 Å². The molecule has 1 aromatic carbocycles. The molecule has 0 saturated carbocycles. The molecule has 5 nitrogen and oxygen atoms in total. The highest BCUT2D eigenvalue weighted by Crippen LogP contribution is 2.35. The Balaban J connectivity index is 1.83. The summed E-state index contributed by atoms with van der Waals surface area (Å²) in [4.78, 5) is 16.0. The number of hydrogen-bond acceptors (Lipinski definition) is 4. The van der Waals surface area contributed by atoms with Crippen LogP contribution in [-0.4, -0.2) is 27.7 Å². The predicted molar refractivity (Wildman–Crippen MR) is 118 cm³/mol. The first kappa shape index (κ1) is 20.5. The van der Waals surface area contributed by atoms with E-state index in [1.165, 1.54) is 5.56 Å². The van der Waals surface area contributed by atoms with Crippen LogP contribution in [0.3, 0.4) is 0 Å². The molecular weight excluding hydrogens is 376 g/mol. The van der Waals surface area contributed by atoms with E-state index < -0.39 is 0 Å². The summed E-state index contributed by atoms with van der Waals surface area (Å²) in [5.74, 6) is 1.47. The first-order valence-electron chi connectivity index (χ1n) is 10.7. The monoisotopic (exact) mass is 406 g/mol. The van der Waals surface area contributed by atoms with Gasteiger partial charge >= 0.3 is 0 Å². The van der Waals surface area contributed by atoms with Crippen molar-refractivity contribution in [1.29, 1.82) is 0 Å². The van der Waals surface area contributed by atoms with Crippen molar-refractivity contribution < 1.29 is 9.52 Å². The lowest BCUT2D eigenvalue weighted by Gasteiger charge is -2.37. The molecule has 1 N–H and O–H groups in total. The number of pyridine rings is 1. The maximum atomic E-state index is 13.7. The standard InChI is InChI=1S/C25H30N2O3/c1-17-6-8-20(9-7-17)24(26-12-10-18(2)11-13-26)23-22(28)15-19(3)27(25(23)29)16-21-5-4-14-30-21/h4-9,14-15,18,24,28H,10-13,16H2,1-3H3/t24-/m1/s1. The molecule has 0 aliphatic carbocycles. The van der Waals surface area contributed by atoms with Gasteiger partial charge in [-0.2, -0.15) is 0 Å². The minimum atomic E-state index is -0.269. The van der Waals surface area contributed by atoms with Gasteiger partial charge in [-0.3, -0.25) is 9.69 Å². The third-order valence-corrected chi connectivity index (χ3v) is 6.27. The van der Waals surface area contributed by atoms with Gasteiger partial charge in [-0.05, 0) is 69.5 Å². The molecular formula is C25H30N2O3. The van der Waals surface area contributed by atoms with Crippen LogP contribution in [0.4, 0.5) is 0 Å². The summed E-state index contributed by atoms with van der Waals surface area (Å²) in [6.07, 6.45) is 3.80. The second kappa shape index (κ2) is 8.52. The molecule has 3 heterocycles. The number of likely N-dealkylation sites (tertiary alicyclic amines) is 1. The van der Waals surface area contributed by atoms with E-state index in [0.29, 0.717) is 23.7 Å². The quantitative estimate of drug-likeness (QED) is 0.671. The maximum absolute atomic E-state index is 13.7. The molecule has 5 heteroatoms. The van der Waals surface area contributed by atoms with Crippen LogP contribution in [0, 0.1) is 19.8 Å². The molecule has 0 radical (unpaired) electrons. The van der Waals surface area contributed by atoms with Crippen molar-refractivity contribution in [2.45, 2.75) is 46.2 Å². The molecule has 1 fully saturated rings. The molecule has 4 rings (SSSR count). The smallest absolute Gasteiger partial charge is 0.260 e. The molecule has 1 atom stereocenters. The second-order valence-corrected chi connectivity index (χ2v) is 8.59. The van der Waals surface area contributed by atoms with Gasteiger partial charge in [-0.15, -0.1) is 0 Å². The number of furan rings is 1. The number of aryl methyl sites for hydroxylation is 2. The van der Waals surface area contributed by atoms with E-state index in [0.717, 1.165) is 37.3 Å². The zero-order valence-electron chi connectivity index (χ0n) is 18.0. The average Bonchev–Trinajstić information content (AvgIpc) is 3.23. The van der Waals surface area contributed by atoms with E-state index in [1.54, 1.807) is 16.9 Å². The summed E-state index contributed by atoms with van der Waals surface area (Å²) >= 11 is 0. The van der Waals surface area contributed by atoms with Gasteiger partial charge in [0.05, 0.1) is 24.4 Å². The van der Waals surface area contributed by atoms with Crippen LogP contribution in [0.15, 0.2) is 57.9 Å². The lowest BCUT2D eigenvalue weighted by Crippen LogP contribution is -2.40. The van der Waals surface area contributed by atoms with Gasteiger partial charge in [0, 0.05) is 5.69 Å². The molecule has 0 unspecified atom stereocenters. The van der Waals surface area contributed by atoms with Gasteiger partial charge in [-0.25, -0.2) is 0 Å². The van der Waals surface area contributed by atoms with Crippen LogP contribution in [0.1, 0.15) is 54.0 Å². The van der Waals surface area contributed by atoms with Gasteiger partial charge in [0.2, 0.25) is 0 Å². The fourth-order valence-corrected chi connectivity index (χ4v) is 4.38. The number of piperidine rings is 1. The lowest BCUT2D eigenvalue weighted by atomic mass is 9.91. The highest BCUT2D eigenvalue weighted by molar-refractivity contribution is 5.41. The molecule has 30 heavy (non-hydrogen) atoms. The summed E-state index contributed by atoms with van der Waals surface area (Å²) in [6, 6.07) is 13.4. The molecule has 3 aromatic rings. The number of aromatic nitrogens is 1. The van der Waals surface area contributed by atoms with Crippen molar-refractivity contribution in [1.82, 2.24) is 9.47 Å². The highest BCUT2D eigenvalue weighted by atomic mass is 16.3. The Hall–Kier alpha value is -2.79. The van der Waals surface area contributed by atoms with Crippen LogP contribution >= 0.6 is 0 Å². The zero-order chi connectivity index (χ0) is 21.3. The summed E-state index contributed by atoms with van der Waals surface area (Å²) in [5.41, 5.74) is 3.22. The van der Waals surface area contributed by atoms with Gasteiger partial charge in [0.15, 0.2) is 0 Å². The Morgan fingerprint density at radius 3 is 2.47 bits per heavy atom. The summed E-state index contributed by atoms with van der Waals surface area (Å²) in [6.45, 7) is 8.34. The predicted octanol–water partition coefficient (Wildman–Crippen LogP) is 4.63. The first-order valence-corrected chi connectivity index (χ1v) is 10.7. The number of hydrogen-bond donors (Lipinski definition) is 1.